The number of carbonyl (C=O) groups excluding carboxylic acids is 2. The third-order valence-corrected chi connectivity index (χ3v) is 6.84. The molecule has 0 aliphatic carbocycles. The molecule has 11 heteroatoms. The smallest absolute Gasteiger partial charge is 0.273 e. The Morgan fingerprint density at radius 3 is 2.76 bits per heavy atom. The molecule has 3 aromatic rings. The van der Waals surface area contributed by atoms with Gasteiger partial charge in [-0.3, -0.25) is 19.0 Å². The second-order valence-corrected chi connectivity index (χ2v) is 9.11. The number of ether oxygens (including phenoxy) is 1. The molecule has 1 atom stereocenters. The van der Waals surface area contributed by atoms with E-state index in [0.717, 1.165) is 30.7 Å². The third kappa shape index (κ3) is 5.36. The summed E-state index contributed by atoms with van der Waals surface area (Å²) in [6, 6.07) is 7.39. The van der Waals surface area contributed by atoms with Gasteiger partial charge in [0.25, 0.3) is 5.56 Å². The number of piperidine rings is 1. The molecular weight excluding hydrogens is 456 g/mol. The van der Waals surface area contributed by atoms with Gasteiger partial charge in [-0.2, -0.15) is 4.98 Å². The molecule has 3 heterocycles. The first-order valence-electron chi connectivity index (χ1n) is 11.3. The molecule has 1 saturated heterocycles. The summed E-state index contributed by atoms with van der Waals surface area (Å²) in [5.41, 5.74) is 0.986. The van der Waals surface area contributed by atoms with Crippen molar-refractivity contribution in [1.29, 1.82) is 0 Å². The van der Waals surface area contributed by atoms with Crippen LogP contribution >= 0.6 is 11.3 Å². The van der Waals surface area contributed by atoms with Crippen LogP contribution in [0.2, 0.25) is 0 Å². The Morgan fingerprint density at radius 1 is 1.24 bits per heavy atom. The molecule has 1 aliphatic heterocycles. The van der Waals surface area contributed by atoms with Crippen molar-refractivity contribution >= 4 is 38.6 Å². The number of nitrogens with zero attached hydrogens (tertiary/aromatic N) is 4. The van der Waals surface area contributed by atoms with Gasteiger partial charge in [0.2, 0.25) is 11.8 Å². The van der Waals surface area contributed by atoms with Crippen LogP contribution in [0.5, 0.6) is 5.75 Å². The first-order chi connectivity index (χ1) is 16.5. The Balaban J connectivity index is 1.42. The average Bonchev–Trinajstić information content (AvgIpc) is 3.30. The zero-order valence-corrected chi connectivity index (χ0v) is 20.1. The lowest BCUT2D eigenvalue weighted by Crippen LogP contribution is -2.43. The third-order valence-electron chi connectivity index (χ3n) is 5.75. The number of hydrogen-bond donors (Lipinski definition) is 2. The van der Waals surface area contributed by atoms with Crippen LogP contribution in [0.4, 0.5) is 5.13 Å². The molecule has 4 rings (SSSR count). The molecule has 10 nitrogen and oxygen atoms in total. The lowest BCUT2D eigenvalue weighted by atomic mass is 9.97. The number of rotatable bonds is 8. The summed E-state index contributed by atoms with van der Waals surface area (Å²) in [6.07, 6.45) is 3.07. The van der Waals surface area contributed by atoms with Crippen LogP contribution in [0.25, 0.3) is 10.3 Å². The number of aromatic nitrogens is 3. The summed E-state index contributed by atoms with van der Waals surface area (Å²) in [6.45, 7) is 4.06. The average molecular weight is 485 g/mol. The first kappa shape index (κ1) is 23.7. The monoisotopic (exact) mass is 484 g/mol. The number of fused-ring (bicyclic) bond motifs is 1. The van der Waals surface area contributed by atoms with E-state index >= 15 is 0 Å². The van der Waals surface area contributed by atoms with E-state index in [1.807, 2.05) is 36.1 Å². The molecule has 2 aromatic heterocycles. The molecule has 0 unspecified atom stereocenters. The lowest BCUT2D eigenvalue weighted by Gasteiger charge is -2.31. The van der Waals surface area contributed by atoms with Crippen molar-refractivity contribution in [2.24, 2.45) is 5.92 Å². The summed E-state index contributed by atoms with van der Waals surface area (Å²) in [5, 5.41) is 6.38. The molecule has 2 N–H and O–H groups in total. The quantitative estimate of drug-likeness (QED) is 0.498. The van der Waals surface area contributed by atoms with E-state index in [4.69, 9.17) is 4.74 Å². The van der Waals surface area contributed by atoms with Crippen LogP contribution in [-0.4, -0.2) is 53.1 Å². The van der Waals surface area contributed by atoms with Crippen LogP contribution in [0.15, 0.2) is 35.4 Å². The minimum absolute atomic E-state index is 0.0504. The van der Waals surface area contributed by atoms with Crippen molar-refractivity contribution in [3.05, 3.63) is 46.5 Å². The summed E-state index contributed by atoms with van der Waals surface area (Å²) >= 11 is 1.26. The fraction of sp³-hybridized carbons (Fsp3) is 0.435. The van der Waals surface area contributed by atoms with E-state index in [1.54, 1.807) is 7.11 Å². The van der Waals surface area contributed by atoms with Gasteiger partial charge in [0.1, 0.15) is 23.3 Å². The predicted molar refractivity (Wildman–Crippen MR) is 130 cm³/mol. The number of carbonyl (C=O) groups is 2. The largest absolute Gasteiger partial charge is 0.497 e. The van der Waals surface area contributed by atoms with Crippen molar-refractivity contribution in [2.75, 3.05) is 31.6 Å². The highest BCUT2D eigenvalue weighted by Gasteiger charge is 2.27. The molecular formula is C23H28N6O4S. The van der Waals surface area contributed by atoms with Crippen molar-refractivity contribution in [3.8, 4) is 5.75 Å². The maximum Gasteiger partial charge on any atom is 0.273 e. The second kappa shape index (κ2) is 10.6. The molecule has 0 spiro atoms. The predicted octanol–water partition coefficient (Wildman–Crippen LogP) is 1.53. The van der Waals surface area contributed by atoms with Crippen LogP contribution in [-0.2, 0) is 22.7 Å². The molecule has 2 amide bonds. The van der Waals surface area contributed by atoms with Gasteiger partial charge in [-0.25, -0.2) is 4.98 Å². The molecule has 34 heavy (non-hydrogen) atoms. The summed E-state index contributed by atoms with van der Waals surface area (Å²) in [7, 11) is 1.60. The zero-order valence-electron chi connectivity index (χ0n) is 19.2. The van der Waals surface area contributed by atoms with E-state index in [2.05, 4.69) is 20.6 Å². The Kier molecular flexibility index (Phi) is 7.41. The number of methoxy groups -OCH3 is 1. The maximum absolute atomic E-state index is 13.0. The number of benzene rings is 1. The second-order valence-electron chi connectivity index (χ2n) is 8.13. The highest BCUT2D eigenvalue weighted by atomic mass is 32.1. The summed E-state index contributed by atoms with van der Waals surface area (Å²) < 4.78 is 6.83. The van der Waals surface area contributed by atoms with E-state index in [9.17, 15) is 14.4 Å². The fourth-order valence-corrected chi connectivity index (χ4v) is 4.92. The zero-order chi connectivity index (χ0) is 24.1. The van der Waals surface area contributed by atoms with Gasteiger partial charge in [-0.15, -0.1) is 0 Å². The van der Waals surface area contributed by atoms with Gasteiger partial charge in [-0.1, -0.05) is 23.5 Å². The van der Waals surface area contributed by atoms with Crippen molar-refractivity contribution in [1.82, 2.24) is 25.2 Å². The molecule has 1 fully saturated rings. The Morgan fingerprint density at radius 2 is 2.03 bits per heavy atom. The van der Waals surface area contributed by atoms with E-state index < -0.39 is 0 Å². The van der Waals surface area contributed by atoms with Crippen LogP contribution in [0.3, 0.4) is 0 Å². The normalized spacial score (nSPS) is 15.8. The number of amides is 2. The number of anilines is 1. The van der Waals surface area contributed by atoms with E-state index in [0.29, 0.717) is 35.1 Å². The highest BCUT2D eigenvalue weighted by Crippen LogP contribution is 2.29. The molecule has 1 aromatic carbocycles. The maximum atomic E-state index is 13.0. The van der Waals surface area contributed by atoms with Crippen molar-refractivity contribution in [2.45, 2.75) is 32.9 Å². The van der Waals surface area contributed by atoms with Gasteiger partial charge in [0, 0.05) is 26.2 Å². The Bertz CT molecular complexity index is 1220. The number of thiazole rings is 1. The molecule has 0 saturated carbocycles. The minimum Gasteiger partial charge on any atom is -0.497 e. The van der Waals surface area contributed by atoms with Crippen LogP contribution in [0.1, 0.15) is 25.3 Å². The molecule has 0 bridgehead atoms. The van der Waals surface area contributed by atoms with E-state index in [-0.39, 0.29) is 29.8 Å². The standard InChI is InChI=1S/C23H28N6O4S/c1-3-24-21(31)16-5-4-10-28(12-16)23-27-20-19(34-23)22(32)29(14-26-20)13-18(30)25-11-15-6-8-17(33-2)9-7-15/h6-9,14,16H,3-5,10-13H2,1-2H3,(H,24,31)(H,25,30)/t16-/m0/s1. The highest BCUT2D eigenvalue weighted by molar-refractivity contribution is 7.22. The minimum atomic E-state index is -0.300. The van der Waals surface area contributed by atoms with Crippen LogP contribution in [0, 0.1) is 5.92 Å². The topological polar surface area (TPSA) is 118 Å². The molecule has 1 aliphatic rings. The number of nitrogens with one attached hydrogen (secondary N) is 2. The SMILES string of the molecule is CCNC(=O)[C@H]1CCCN(c2nc3ncn(CC(=O)NCc4ccc(OC)cc4)c(=O)c3s2)C1. The Hall–Kier alpha value is -3.47. The Labute approximate surface area is 201 Å². The lowest BCUT2D eigenvalue weighted by molar-refractivity contribution is -0.125. The first-order valence-corrected chi connectivity index (χ1v) is 12.1. The summed E-state index contributed by atoms with van der Waals surface area (Å²) in [4.78, 5) is 48.5. The van der Waals surface area contributed by atoms with Gasteiger partial charge < -0.3 is 20.3 Å². The van der Waals surface area contributed by atoms with Gasteiger partial charge in [0.15, 0.2) is 10.8 Å². The van der Waals surface area contributed by atoms with Crippen molar-refractivity contribution in [3.63, 3.8) is 0 Å². The molecule has 180 valence electrons. The van der Waals surface area contributed by atoms with Crippen LogP contribution < -0.4 is 25.8 Å². The molecule has 0 radical (unpaired) electrons. The van der Waals surface area contributed by atoms with Gasteiger partial charge in [-0.05, 0) is 37.5 Å². The number of hydrogen-bond acceptors (Lipinski definition) is 8. The van der Waals surface area contributed by atoms with Crippen molar-refractivity contribution < 1.29 is 14.3 Å². The van der Waals surface area contributed by atoms with E-state index in [1.165, 1.54) is 22.2 Å². The summed E-state index contributed by atoms with van der Waals surface area (Å²) in [5.74, 6) is 0.410. The fourth-order valence-electron chi connectivity index (χ4n) is 3.92. The van der Waals surface area contributed by atoms with Gasteiger partial charge >= 0.3 is 0 Å². The van der Waals surface area contributed by atoms with Gasteiger partial charge in [0.05, 0.1) is 13.0 Å².